The van der Waals surface area contributed by atoms with Crippen LogP contribution in [0.15, 0.2) is 30.3 Å². The first kappa shape index (κ1) is 10.4. The van der Waals surface area contributed by atoms with Crippen molar-refractivity contribution < 1.29 is 9.59 Å². The number of hydrogen-bond donors (Lipinski definition) is 2. The van der Waals surface area contributed by atoms with Gasteiger partial charge in [0.25, 0.3) is 0 Å². The van der Waals surface area contributed by atoms with Crippen molar-refractivity contribution in [3.8, 4) is 0 Å². The molecule has 4 heteroatoms. The van der Waals surface area contributed by atoms with E-state index in [4.69, 9.17) is 5.84 Å². The van der Waals surface area contributed by atoms with Crippen molar-refractivity contribution in [2.75, 3.05) is 0 Å². The number of Topliss-reactive ketones (excluding diaryl/α,β-unsaturated/α-hetero) is 1. The molecular weight excluding hydrogens is 180 g/mol. The third kappa shape index (κ3) is 2.17. The lowest BCUT2D eigenvalue weighted by molar-refractivity contribution is -0.123. The minimum Gasteiger partial charge on any atom is -0.294 e. The Balaban J connectivity index is 2.81. The lowest BCUT2D eigenvalue weighted by Gasteiger charge is -2.07. The molecule has 1 rings (SSSR count). The molecule has 0 aliphatic heterocycles. The fourth-order valence-electron chi connectivity index (χ4n) is 1.10. The van der Waals surface area contributed by atoms with Gasteiger partial charge in [0.15, 0.2) is 5.78 Å². The summed E-state index contributed by atoms with van der Waals surface area (Å²) in [6, 6.07) is 8.65. The molecule has 0 bridgehead atoms. The number of nitrogens with two attached hydrogens (primary N) is 1. The van der Waals surface area contributed by atoms with Gasteiger partial charge in [0.05, 0.1) is 5.92 Å². The predicted octanol–water partition coefficient (Wildman–Crippen LogP) is 0.495. The minimum absolute atomic E-state index is 0.228. The van der Waals surface area contributed by atoms with Crippen LogP contribution in [-0.4, -0.2) is 11.7 Å². The van der Waals surface area contributed by atoms with E-state index in [9.17, 15) is 9.59 Å². The third-order valence-electron chi connectivity index (χ3n) is 1.99. The van der Waals surface area contributed by atoms with E-state index in [-0.39, 0.29) is 5.78 Å². The summed E-state index contributed by atoms with van der Waals surface area (Å²) in [6.45, 7) is 1.53. The first-order chi connectivity index (χ1) is 6.66. The van der Waals surface area contributed by atoms with E-state index in [1.807, 2.05) is 11.5 Å². The first-order valence-corrected chi connectivity index (χ1v) is 4.26. The normalized spacial score (nSPS) is 11.9. The average molecular weight is 192 g/mol. The molecule has 0 saturated heterocycles. The van der Waals surface area contributed by atoms with Crippen LogP contribution in [0.3, 0.4) is 0 Å². The van der Waals surface area contributed by atoms with Crippen molar-refractivity contribution in [2.24, 2.45) is 11.8 Å². The minimum atomic E-state index is -0.748. The highest BCUT2D eigenvalue weighted by molar-refractivity contribution is 6.09. The van der Waals surface area contributed by atoms with Gasteiger partial charge in [0, 0.05) is 5.56 Å². The van der Waals surface area contributed by atoms with Crippen molar-refractivity contribution in [3.63, 3.8) is 0 Å². The summed E-state index contributed by atoms with van der Waals surface area (Å²) >= 11 is 0. The smallest absolute Gasteiger partial charge is 0.244 e. The molecule has 3 N–H and O–H groups in total. The second-order valence-electron chi connectivity index (χ2n) is 2.96. The van der Waals surface area contributed by atoms with Crippen LogP contribution in [0.2, 0.25) is 0 Å². The number of carbonyl (C=O) groups excluding carboxylic acids is 2. The van der Waals surface area contributed by atoms with Gasteiger partial charge in [0.1, 0.15) is 0 Å². The second-order valence-corrected chi connectivity index (χ2v) is 2.96. The Morgan fingerprint density at radius 3 is 2.36 bits per heavy atom. The van der Waals surface area contributed by atoms with Gasteiger partial charge in [-0.15, -0.1) is 0 Å². The topological polar surface area (TPSA) is 72.2 Å². The Morgan fingerprint density at radius 1 is 1.29 bits per heavy atom. The maximum atomic E-state index is 11.6. The van der Waals surface area contributed by atoms with E-state index in [1.165, 1.54) is 6.92 Å². The monoisotopic (exact) mass is 192 g/mol. The van der Waals surface area contributed by atoms with Crippen molar-refractivity contribution in [1.82, 2.24) is 5.43 Å². The average Bonchev–Trinajstić information content (AvgIpc) is 2.27. The Hall–Kier alpha value is -1.68. The van der Waals surface area contributed by atoms with Gasteiger partial charge in [-0.3, -0.25) is 15.0 Å². The van der Waals surface area contributed by atoms with Crippen molar-refractivity contribution in [1.29, 1.82) is 0 Å². The Bertz CT molecular complexity index is 335. The Kier molecular flexibility index (Phi) is 3.36. The van der Waals surface area contributed by atoms with Crippen molar-refractivity contribution >= 4 is 11.7 Å². The highest BCUT2D eigenvalue weighted by Gasteiger charge is 2.21. The molecule has 0 fully saturated rings. The molecule has 1 atom stereocenters. The molecule has 0 saturated carbocycles. The quantitative estimate of drug-likeness (QED) is 0.241. The molecule has 14 heavy (non-hydrogen) atoms. The molecule has 0 aromatic heterocycles. The van der Waals surface area contributed by atoms with Crippen LogP contribution in [0.1, 0.15) is 17.3 Å². The lowest BCUT2D eigenvalue weighted by Crippen LogP contribution is -2.38. The van der Waals surface area contributed by atoms with E-state index in [0.29, 0.717) is 5.56 Å². The second kappa shape index (κ2) is 4.53. The molecule has 1 amide bonds. The number of benzene rings is 1. The van der Waals surface area contributed by atoms with Crippen molar-refractivity contribution in [2.45, 2.75) is 6.92 Å². The van der Waals surface area contributed by atoms with Gasteiger partial charge >= 0.3 is 0 Å². The summed E-state index contributed by atoms with van der Waals surface area (Å²) in [5.41, 5.74) is 2.47. The van der Waals surface area contributed by atoms with Crippen LogP contribution in [0, 0.1) is 5.92 Å². The first-order valence-electron chi connectivity index (χ1n) is 4.26. The Labute approximate surface area is 82.1 Å². The summed E-state index contributed by atoms with van der Waals surface area (Å²) < 4.78 is 0. The zero-order chi connectivity index (χ0) is 10.6. The summed E-state index contributed by atoms with van der Waals surface area (Å²) in [5.74, 6) is 3.49. The van der Waals surface area contributed by atoms with Crippen molar-refractivity contribution in [3.05, 3.63) is 35.9 Å². The molecule has 0 heterocycles. The zero-order valence-electron chi connectivity index (χ0n) is 7.86. The number of ketones is 1. The SMILES string of the molecule is CC(C(=O)NN)C(=O)c1ccccc1. The van der Waals surface area contributed by atoms with Gasteiger partial charge in [-0.1, -0.05) is 30.3 Å². The molecule has 1 unspecified atom stereocenters. The van der Waals surface area contributed by atoms with Gasteiger partial charge in [-0.05, 0) is 6.92 Å². The van der Waals surface area contributed by atoms with Crippen LogP contribution in [0.4, 0.5) is 0 Å². The van der Waals surface area contributed by atoms with E-state index >= 15 is 0 Å². The van der Waals surface area contributed by atoms with E-state index < -0.39 is 11.8 Å². The van der Waals surface area contributed by atoms with E-state index in [1.54, 1.807) is 24.3 Å². The fraction of sp³-hybridized carbons (Fsp3) is 0.200. The molecule has 0 aliphatic rings. The van der Waals surface area contributed by atoms with Crippen LogP contribution in [0.5, 0.6) is 0 Å². The fourth-order valence-corrected chi connectivity index (χ4v) is 1.10. The molecule has 4 nitrogen and oxygen atoms in total. The molecular formula is C10H12N2O2. The molecule has 74 valence electrons. The van der Waals surface area contributed by atoms with Crippen LogP contribution < -0.4 is 11.3 Å². The summed E-state index contributed by atoms with van der Waals surface area (Å²) in [4.78, 5) is 22.7. The number of carbonyl (C=O) groups is 2. The lowest BCUT2D eigenvalue weighted by atomic mass is 9.99. The standard InChI is InChI=1S/C10H12N2O2/c1-7(10(14)12-11)9(13)8-5-3-2-4-6-8/h2-7H,11H2,1H3,(H,12,14). The Morgan fingerprint density at radius 2 is 1.86 bits per heavy atom. The van der Waals surface area contributed by atoms with E-state index in [2.05, 4.69) is 0 Å². The maximum Gasteiger partial charge on any atom is 0.244 e. The van der Waals surface area contributed by atoms with Gasteiger partial charge in [0.2, 0.25) is 5.91 Å². The van der Waals surface area contributed by atoms with Crippen LogP contribution in [0.25, 0.3) is 0 Å². The number of amides is 1. The maximum absolute atomic E-state index is 11.6. The summed E-state index contributed by atoms with van der Waals surface area (Å²) in [6.07, 6.45) is 0. The largest absolute Gasteiger partial charge is 0.294 e. The zero-order valence-corrected chi connectivity index (χ0v) is 7.86. The highest BCUT2D eigenvalue weighted by atomic mass is 16.2. The molecule has 1 aromatic carbocycles. The predicted molar refractivity (Wildman–Crippen MR) is 52.3 cm³/mol. The van der Waals surface area contributed by atoms with E-state index in [0.717, 1.165) is 0 Å². The number of hydrazine groups is 1. The number of nitrogens with one attached hydrogen (secondary N) is 1. The summed E-state index contributed by atoms with van der Waals surface area (Å²) in [5, 5.41) is 0. The molecule has 1 aromatic rings. The van der Waals surface area contributed by atoms with Gasteiger partial charge in [-0.25, -0.2) is 5.84 Å². The molecule has 0 radical (unpaired) electrons. The third-order valence-corrected chi connectivity index (χ3v) is 1.99. The summed E-state index contributed by atoms with van der Waals surface area (Å²) in [7, 11) is 0. The molecule has 0 spiro atoms. The number of hydrogen-bond acceptors (Lipinski definition) is 3. The van der Waals surface area contributed by atoms with Crippen LogP contribution in [-0.2, 0) is 4.79 Å². The highest BCUT2D eigenvalue weighted by Crippen LogP contribution is 2.07. The molecule has 0 aliphatic carbocycles. The van der Waals surface area contributed by atoms with Crippen LogP contribution >= 0.6 is 0 Å². The van der Waals surface area contributed by atoms with Gasteiger partial charge < -0.3 is 0 Å². The van der Waals surface area contributed by atoms with Gasteiger partial charge in [-0.2, -0.15) is 0 Å². The number of rotatable bonds is 3.